The normalized spacial score (nSPS) is 10.7. The summed E-state index contributed by atoms with van der Waals surface area (Å²) in [7, 11) is 0. The highest BCUT2D eigenvalue weighted by Crippen LogP contribution is 2.25. The molecule has 0 spiro atoms. The van der Waals surface area contributed by atoms with Crippen molar-refractivity contribution in [2.45, 2.75) is 0 Å². The molecule has 100 valence electrons. The average Bonchev–Trinajstić information content (AvgIpc) is 2.81. The summed E-state index contributed by atoms with van der Waals surface area (Å²) in [6.07, 6.45) is 0. The van der Waals surface area contributed by atoms with Crippen LogP contribution in [0, 0.1) is 0 Å². The van der Waals surface area contributed by atoms with Gasteiger partial charge in [0.2, 0.25) is 0 Å². The summed E-state index contributed by atoms with van der Waals surface area (Å²) in [6, 6.07) is 16.7. The van der Waals surface area contributed by atoms with Crippen molar-refractivity contribution in [1.29, 1.82) is 0 Å². The van der Waals surface area contributed by atoms with Crippen molar-refractivity contribution in [1.82, 2.24) is 9.78 Å². The third-order valence-electron chi connectivity index (χ3n) is 2.91. The van der Waals surface area contributed by atoms with Crippen molar-refractivity contribution in [2.75, 3.05) is 5.73 Å². The number of hydrogen-bond acceptors (Lipinski definition) is 2. The lowest BCUT2D eigenvalue weighted by Gasteiger charge is -2.03. The molecule has 5 heteroatoms. The molecule has 0 saturated heterocycles. The molecule has 20 heavy (non-hydrogen) atoms. The first kappa shape index (κ1) is 13.0. The maximum Gasteiger partial charge on any atom is 0.127 e. The van der Waals surface area contributed by atoms with E-state index in [2.05, 4.69) is 5.10 Å². The Bertz CT molecular complexity index is 765. The second-order valence-electron chi connectivity index (χ2n) is 4.36. The van der Waals surface area contributed by atoms with Crippen LogP contribution < -0.4 is 5.73 Å². The molecule has 2 aromatic carbocycles. The lowest BCUT2D eigenvalue weighted by molar-refractivity contribution is 0.895. The molecular formula is C15H11Cl2N3. The van der Waals surface area contributed by atoms with Crippen LogP contribution in [-0.2, 0) is 0 Å². The fourth-order valence-electron chi connectivity index (χ4n) is 2.00. The van der Waals surface area contributed by atoms with Crippen molar-refractivity contribution >= 4 is 29.0 Å². The molecule has 3 aromatic rings. The highest BCUT2D eigenvalue weighted by Gasteiger charge is 2.09. The maximum atomic E-state index is 6.02. The van der Waals surface area contributed by atoms with Gasteiger partial charge in [0.05, 0.1) is 11.4 Å². The summed E-state index contributed by atoms with van der Waals surface area (Å²) in [6.45, 7) is 0. The van der Waals surface area contributed by atoms with Crippen LogP contribution in [0.3, 0.4) is 0 Å². The van der Waals surface area contributed by atoms with Crippen LogP contribution in [-0.4, -0.2) is 9.78 Å². The third kappa shape index (κ3) is 2.50. The van der Waals surface area contributed by atoms with Gasteiger partial charge < -0.3 is 5.73 Å². The summed E-state index contributed by atoms with van der Waals surface area (Å²) in [4.78, 5) is 0. The summed E-state index contributed by atoms with van der Waals surface area (Å²) >= 11 is 12.0. The summed E-state index contributed by atoms with van der Waals surface area (Å²) < 4.78 is 1.65. The first-order chi connectivity index (χ1) is 9.63. The number of halogens is 2. The molecule has 0 saturated carbocycles. The Balaban J connectivity index is 2.08. The average molecular weight is 304 g/mol. The van der Waals surface area contributed by atoms with Gasteiger partial charge >= 0.3 is 0 Å². The molecule has 0 fully saturated rings. The quantitative estimate of drug-likeness (QED) is 0.761. The number of nitrogens with zero attached hydrogens (tertiary/aromatic N) is 2. The van der Waals surface area contributed by atoms with E-state index in [4.69, 9.17) is 28.9 Å². The van der Waals surface area contributed by atoms with Gasteiger partial charge in [-0.15, -0.1) is 0 Å². The summed E-state index contributed by atoms with van der Waals surface area (Å²) in [5.41, 5.74) is 8.54. The maximum absolute atomic E-state index is 6.02. The number of hydrogen-bond donors (Lipinski definition) is 1. The first-order valence-corrected chi connectivity index (χ1v) is 6.76. The lowest BCUT2D eigenvalue weighted by atomic mass is 10.1. The van der Waals surface area contributed by atoms with Gasteiger partial charge in [-0.05, 0) is 30.3 Å². The number of nitrogens with two attached hydrogens (primary N) is 1. The highest BCUT2D eigenvalue weighted by atomic mass is 35.5. The van der Waals surface area contributed by atoms with Gasteiger partial charge in [0, 0.05) is 21.7 Å². The molecule has 0 aliphatic heterocycles. The van der Waals surface area contributed by atoms with E-state index in [1.807, 2.05) is 54.6 Å². The monoisotopic (exact) mass is 303 g/mol. The largest absolute Gasteiger partial charge is 0.384 e. The van der Waals surface area contributed by atoms with Gasteiger partial charge in [0.15, 0.2) is 0 Å². The Morgan fingerprint density at radius 1 is 0.900 bits per heavy atom. The molecule has 2 N–H and O–H groups in total. The first-order valence-electron chi connectivity index (χ1n) is 6.01. The van der Waals surface area contributed by atoms with Crippen LogP contribution in [0.15, 0.2) is 54.6 Å². The fourth-order valence-corrected chi connectivity index (χ4v) is 2.37. The second kappa shape index (κ2) is 5.19. The number of aromatic nitrogens is 2. The lowest BCUT2D eigenvalue weighted by Crippen LogP contribution is -2.01. The molecule has 0 aliphatic rings. The smallest absolute Gasteiger partial charge is 0.127 e. The zero-order valence-electron chi connectivity index (χ0n) is 10.4. The Labute approximate surface area is 126 Å². The number of benzene rings is 2. The second-order valence-corrected chi connectivity index (χ2v) is 5.23. The van der Waals surface area contributed by atoms with E-state index in [9.17, 15) is 0 Å². The predicted molar refractivity (Wildman–Crippen MR) is 83.4 cm³/mol. The minimum absolute atomic E-state index is 0.544. The number of rotatable bonds is 2. The molecule has 0 aliphatic carbocycles. The SMILES string of the molecule is Nc1cc(-c2cccc(Cl)c2)nn1-c1cccc(Cl)c1. The third-order valence-corrected chi connectivity index (χ3v) is 3.38. The standard InChI is InChI=1S/C15H11Cl2N3/c16-11-4-1-3-10(7-11)14-9-15(18)20(19-14)13-6-2-5-12(17)8-13/h1-9H,18H2. The van der Waals surface area contributed by atoms with Crippen LogP contribution in [0.1, 0.15) is 0 Å². The molecular weight excluding hydrogens is 293 g/mol. The minimum Gasteiger partial charge on any atom is -0.384 e. The van der Waals surface area contributed by atoms with Crippen molar-refractivity contribution in [3.05, 3.63) is 64.6 Å². The van der Waals surface area contributed by atoms with Gasteiger partial charge in [0.1, 0.15) is 5.82 Å². The molecule has 0 amide bonds. The van der Waals surface area contributed by atoms with Crippen LogP contribution in [0.4, 0.5) is 5.82 Å². The molecule has 3 rings (SSSR count). The van der Waals surface area contributed by atoms with Crippen molar-refractivity contribution < 1.29 is 0 Å². The summed E-state index contributed by atoms with van der Waals surface area (Å²) in [5.74, 6) is 0.544. The zero-order valence-corrected chi connectivity index (χ0v) is 11.9. The van der Waals surface area contributed by atoms with Crippen LogP contribution in [0.25, 0.3) is 16.9 Å². The van der Waals surface area contributed by atoms with E-state index < -0.39 is 0 Å². The van der Waals surface area contributed by atoms with Gasteiger partial charge in [-0.25, -0.2) is 4.68 Å². The summed E-state index contributed by atoms with van der Waals surface area (Å²) in [5, 5.41) is 5.81. The topological polar surface area (TPSA) is 43.8 Å². The van der Waals surface area contributed by atoms with Gasteiger partial charge in [-0.1, -0.05) is 41.4 Å². The van der Waals surface area contributed by atoms with Crippen molar-refractivity contribution in [3.8, 4) is 16.9 Å². The van der Waals surface area contributed by atoms with E-state index in [1.165, 1.54) is 0 Å². The number of anilines is 1. The number of nitrogen functional groups attached to an aromatic ring is 1. The van der Waals surface area contributed by atoms with Crippen molar-refractivity contribution in [2.24, 2.45) is 0 Å². The molecule has 1 heterocycles. The van der Waals surface area contributed by atoms with E-state index in [0.29, 0.717) is 15.9 Å². The Morgan fingerprint density at radius 3 is 2.30 bits per heavy atom. The Kier molecular flexibility index (Phi) is 3.38. The molecule has 3 nitrogen and oxygen atoms in total. The van der Waals surface area contributed by atoms with E-state index in [0.717, 1.165) is 16.9 Å². The zero-order chi connectivity index (χ0) is 14.1. The van der Waals surface area contributed by atoms with Crippen LogP contribution in [0.2, 0.25) is 10.0 Å². The van der Waals surface area contributed by atoms with E-state index in [-0.39, 0.29) is 0 Å². The van der Waals surface area contributed by atoms with Crippen molar-refractivity contribution in [3.63, 3.8) is 0 Å². The van der Waals surface area contributed by atoms with E-state index in [1.54, 1.807) is 4.68 Å². The van der Waals surface area contributed by atoms with Gasteiger partial charge in [-0.2, -0.15) is 5.10 Å². The fraction of sp³-hybridized carbons (Fsp3) is 0. The molecule has 0 atom stereocenters. The van der Waals surface area contributed by atoms with Gasteiger partial charge in [0.25, 0.3) is 0 Å². The minimum atomic E-state index is 0.544. The molecule has 0 radical (unpaired) electrons. The van der Waals surface area contributed by atoms with E-state index >= 15 is 0 Å². The highest BCUT2D eigenvalue weighted by molar-refractivity contribution is 6.31. The molecule has 1 aromatic heterocycles. The van der Waals surface area contributed by atoms with Crippen LogP contribution >= 0.6 is 23.2 Å². The van der Waals surface area contributed by atoms with Crippen LogP contribution in [0.5, 0.6) is 0 Å². The predicted octanol–water partition coefficient (Wildman–Crippen LogP) is 4.43. The Morgan fingerprint density at radius 2 is 1.60 bits per heavy atom. The molecule has 0 bridgehead atoms. The van der Waals surface area contributed by atoms with Gasteiger partial charge in [-0.3, -0.25) is 0 Å². The molecule has 0 unspecified atom stereocenters. The Hall–Kier alpha value is -1.97.